The number of hydrogen-bond acceptors (Lipinski definition) is 5. The molecular formula is C14H14N4O2. The summed E-state index contributed by atoms with van der Waals surface area (Å²) in [5, 5.41) is 3.20. The molecule has 0 saturated heterocycles. The van der Waals surface area contributed by atoms with Gasteiger partial charge in [-0.1, -0.05) is 0 Å². The van der Waals surface area contributed by atoms with E-state index in [0.717, 1.165) is 0 Å². The minimum Gasteiger partial charge on any atom is -0.373 e. The van der Waals surface area contributed by atoms with E-state index < -0.39 is 18.3 Å². The lowest BCUT2D eigenvalue weighted by atomic mass is 9.98. The van der Waals surface area contributed by atoms with Gasteiger partial charge in [-0.05, 0) is 18.9 Å². The zero-order chi connectivity index (χ0) is 16.8. The van der Waals surface area contributed by atoms with Gasteiger partial charge in [0.25, 0.3) is 0 Å². The molecule has 2 aromatic rings. The molecule has 2 heterocycles. The molecule has 0 spiro atoms. The maximum atomic E-state index is 11.6. The van der Waals surface area contributed by atoms with Crippen molar-refractivity contribution in [2.24, 2.45) is 5.73 Å². The highest BCUT2D eigenvalue weighted by Gasteiger charge is 2.51. The largest absolute Gasteiger partial charge is 0.373 e. The number of nitrogens with two attached hydrogens (primary N) is 1. The zero-order valence-electron chi connectivity index (χ0n) is 13.5. The molecule has 0 atom stereocenters. The summed E-state index contributed by atoms with van der Waals surface area (Å²) >= 11 is 0. The van der Waals surface area contributed by atoms with Gasteiger partial charge in [0.2, 0.25) is 5.91 Å². The fourth-order valence-electron chi connectivity index (χ4n) is 2.37. The summed E-state index contributed by atoms with van der Waals surface area (Å²) in [5.74, 6) is -0.347. The quantitative estimate of drug-likeness (QED) is 0.810. The van der Waals surface area contributed by atoms with Crippen molar-refractivity contribution in [3.63, 3.8) is 0 Å². The van der Waals surface area contributed by atoms with Crippen LogP contribution in [0.5, 0.6) is 0 Å². The highest BCUT2D eigenvalue weighted by atomic mass is 16.1. The van der Waals surface area contributed by atoms with Gasteiger partial charge in [0.15, 0.2) is 6.29 Å². The van der Waals surface area contributed by atoms with E-state index in [4.69, 9.17) is 9.85 Å². The fraction of sp³-hybridized carbons (Fsp3) is 0.286. The van der Waals surface area contributed by atoms with Gasteiger partial charge < -0.3 is 11.1 Å². The molecule has 2 aromatic heterocycles. The van der Waals surface area contributed by atoms with Gasteiger partial charge in [0, 0.05) is 39.8 Å². The first-order valence-electron chi connectivity index (χ1n) is 7.59. The number of aldehydes is 1. The van der Waals surface area contributed by atoms with Crippen molar-refractivity contribution in [1.82, 2.24) is 9.97 Å². The summed E-state index contributed by atoms with van der Waals surface area (Å²) < 4.78 is 21.8. The van der Waals surface area contributed by atoms with Crippen molar-refractivity contribution in [1.29, 1.82) is 0 Å². The number of amides is 1. The molecule has 0 radical (unpaired) electrons. The molecule has 1 fully saturated rings. The van der Waals surface area contributed by atoms with Crippen molar-refractivity contribution in [2.75, 3.05) is 12.3 Å². The second-order valence-electron chi connectivity index (χ2n) is 4.87. The lowest BCUT2D eigenvalue weighted by Gasteiger charge is -2.13. The molecule has 0 aromatic carbocycles. The van der Waals surface area contributed by atoms with Crippen LogP contribution in [0, 0.1) is 0 Å². The SMILES string of the molecule is [2H]C([2H])([2H])Nc1ncc(C=O)c2cc(C3(C(N)=O)CC3)ncc12. The van der Waals surface area contributed by atoms with Gasteiger partial charge in [-0.15, -0.1) is 0 Å². The van der Waals surface area contributed by atoms with Gasteiger partial charge in [0.05, 0.1) is 11.1 Å². The highest BCUT2D eigenvalue weighted by molar-refractivity contribution is 6.02. The molecule has 1 aliphatic carbocycles. The fourth-order valence-corrected chi connectivity index (χ4v) is 2.37. The van der Waals surface area contributed by atoms with Crippen molar-refractivity contribution >= 4 is 28.8 Å². The Hall–Kier alpha value is -2.50. The van der Waals surface area contributed by atoms with Crippen LogP contribution in [0.15, 0.2) is 18.5 Å². The smallest absolute Gasteiger partial charge is 0.229 e. The van der Waals surface area contributed by atoms with Gasteiger partial charge in [-0.25, -0.2) is 4.98 Å². The lowest BCUT2D eigenvalue weighted by molar-refractivity contribution is -0.120. The van der Waals surface area contributed by atoms with Crippen LogP contribution in [0.4, 0.5) is 5.82 Å². The Morgan fingerprint density at radius 3 is 2.85 bits per heavy atom. The van der Waals surface area contributed by atoms with Crippen molar-refractivity contribution < 1.29 is 13.7 Å². The normalized spacial score (nSPS) is 18.7. The van der Waals surface area contributed by atoms with E-state index in [1.54, 1.807) is 6.07 Å². The Balaban J connectivity index is 2.18. The standard InChI is InChI=1S/C14H14N4O2/c1-16-12-10-6-17-11(14(2-3-14)13(15)20)4-9(10)8(7-19)5-18-12/h4-7H,2-3H2,1H3,(H2,15,20)(H,16,18)/i1D3. The van der Waals surface area contributed by atoms with Crippen LogP contribution in [0.1, 0.15) is 33.0 Å². The molecule has 0 bridgehead atoms. The number of anilines is 1. The summed E-state index contributed by atoms with van der Waals surface area (Å²) in [7, 11) is 0. The number of pyridine rings is 2. The Labute approximate surface area is 119 Å². The second kappa shape index (κ2) is 4.26. The molecule has 3 N–H and O–H groups in total. The number of hydrogen-bond donors (Lipinski definition) is 2. The number of nitrogens with zero attached hydrogens (tertiary/aromatic N) is 2. The Kier molecular flexibility index (Phi) is 2.01. The van der Waals surface area contributed by atoms with Crippen LogP contribution in [-0.2, 0) is 10.2 Å². The minimum absolute atomic E-state index is 0.105. The number of primary amides is 1. The predicted octanol–water partition coefficient (Wildman–Crippen LogP) is 1.00. The summed E-state index contributed by atoms with van der Waals surface area (Å²) in [6.45, 7) is -2.42. The average Bonchev–Trinajstić information content (AvgIpc) is 3.27. The Bertz CT molecular complexity index is 816. The number of carbonyl (C=O) groups is 2. The molecule has 6 nitrogen and oxygen atoms in total. The Morgan fingerprint density at radius 2 is 2.25 bits per heavy atom. The molecule has 3 rings (SSSR count). The highest BCUT2D eigenvalue weighted by Crippen LogP contribution is 2.47. The third kappa shape index (κ3) is 1.65. The maximum Gasteiger partial charge on any atom is 0.229 e. The van der Waals surface area contributed by atoms with E-state index in [0.29, 0.717) is 41.2 Å². The van der Waals surface area contributed by atoms with Crippen molar-refractivity contribution in [3.8, 4) is 0 Å². The topological polar surface area (TPSA) is 98.0 Å². The van der Waals surface area contributed by atoms with Crippen LogP contribution < -0.4 is 11.1 Å². The van der Waals surface area contributed by atoms with E-state index in [-0.39, 0.29) is 5.82 Å². The van der Waals surface area contributed by atoms with Crippen LogP contribution in [0.25, 0.3) is 10.8 Å². The number of carbonyl (C=O) groups excluding carboxylic acids is 2. The molecule has 0 unspecified atom stereocenters. The number of nitrogens with one attached hydrogen (secondary N) is 1. The van der Waals surface area contributed by atoms with Gasteiger partial charge in [0.1, 0.15) is 5.82 Å². The molecule has 1 saturated carbocycles. The molecule has 0 aliphatic heterocycles. The second-order valence-corrected chi connectivity index (χ2v) is 4.87. The third-order valence-electron chi connectivity index (χ3n) is 3.76. The van der Waals surface area contributed by atoms with E-state index >= 15 is 0 Å². The lowest BCUT2D eigenvalue weighted by Crippen LogP contribution is -2.29. The van der Waals surface area contributed by atoms with E-state index in [1.165, 1.54) is 12.4 Å². The van der Waals surface area contributed by atoms with Crippen molar-refractivity contribution in [3.05, 3.63) is 29.7 Å². The molecule has 20 heavy (non-hydrogen) atoms. The average molecular weight is 273 g/mol. The summed E-state index contributed by atoms with van der Waals surface area (Å²) in [4.78, 5) is 31.1. The number of fused-ring (bicyclic) bond motifs is 1. The summed E-state index contributed by atoms with van der Waals surface area (Å²) in [5.41, 5.74) is 5.45. The number of rotatable bonds is 4. The van der Waals surface area contributed by atoms with Gasteiger partial charge in [-0.3, -0.25) is 14.6 Å². The summed E-state index contributed by atoms with van der Waals surface area (Å²) in [6, 6.07) is 1.61. The van der Waals surface area contributed by atoms with E-state index in [2.05, 4.69) is 15.3 Å². The predicted molar refractivity (Wildman–Crippen MR) is 74.6 cm³/mol. The first-order valence-corrected chi connectivity index (χ1v) is 6.09. The third-order valence-corrected chi connectivity index (χ3v) is 3.76. The molecule has 1 aliphatic rings. The molecule has 1 amide bonds. The first kappa shape index (κ1) is 9.41. The molecule has 102 valence electrons. The van der Waals surface area contributed by atoms with E-state index in [1.807, 2.05) is 0 Å². The van der Waals surface area contributed by atoms with Crippen molar-refractivity contribution in [2.45, 2.75) is 18.3 Å². The van der Waals surface area contributed by atoms with Crippen LogP contribution in [-0.4, -0.2) is 29.1 Å². The first-order chi connectivity index (χ1) is 10.8. The summed E-state index contributed by atoms with van der Waals surface area (Å²) in [6.07, 6.45) is 4.56. The van der Waals surface area contributed by atoms with E-state index in [9.17, 15) is 9.59 Å². The Morgan fingerprint density at radius 1 is 1.45 bits per heavy atom. The minimum atomic E-state index is -2.42. The van der Waals surface area contributed by atoms with Crippen LogP contribution in [0.2, 0.25) is 0 Å². The molecular weight excluding hydrogens is 256 g/mol. The van der Waals surface area contributed by atoms with Crippen LogP contribution in [0.3, 0.4) is 0 Å². The monoisotopic (exact) mass is 273 g/mol. The van der Waals surface area contributed by atoms with Crippen LogP contribution >= 0.6 is 0 Å². The number of aromatic nitrogens is 2. The maximum absolute atomic E-state index is 11.6. The molecule has 6 heteroatoms. The van der Waals surface area contributed by atoms with Gasteiger partial charge >= 0.3 is 0 Å². The zero-order valence-corrected chi connectivity index (χ0v) is 10.5. The van der Waals surface area contributed by atoms with Gasteiger partial charge in [-0.2, -0.15) is 0 Å².